The Morgan fingerprint density at radius 1 is 1.25 bits per heavy atom. The number of nitriles is 1. The molecule has 0 saturated heterocycles. The van der Waals surface area contributed by atoms with Crippen LogP contribution in [0.2, 0.25) is 0 Å². The Hall–Kier alpha value is -1.67. The predicted molar refractivity (Wildman–Crippen MR) is 102 cm³/mol. The van der Waals surface area contributed by atoms with Crippen molar-refractivity contribution in [3.8, 4) is 6.07 Å². The van der Waals surface area contributed by atoms with Gasteiger partial charge in [0.15, 0.2) is 0 Å². The summed E-state index contributed by atoms with van der Waals surface area (Å²) in [5, 5.41) is 14.8. The summed E-state index contributed by atoms with van der Waals surface area (Å²) in [5.41, 5.74) is 0.795. The lowest BCUT2D eigenvalue weighted by Crippen LogP contribution is -2.36. The smallest absolute Gasteiger partial charge is 0.319 e. The molecule has 1 rings (SSSR count). The van der Waals surface area contributed by atoms with E-state index in [2.05, 4.69) is 23.6 Å². The van der Waals surface area contributed by atoms with Crippen molar-refractivity contribution in [1.82, 2.24) is 5.32 Å². The van der Waals surface area contributed by atoms with Gasteiger partial charge in [-0.2, -0.15) is 5.26 Å². The molecule has 0 heterocycles. The van der Waals surface area contributed by atoms with Gasteiger partial charge in [-0.05, 0) is 32.4 Å². The summed E-state index contributed by atoms with van der Waals surface area (Å²) in [5.74, 6) is 0.699. The average molecular weight is 348 g/mol. The summed E-state index contributed by atoms with van der Waals surface area (Å²) in [4.78, 5) is 13.2. The van der Waals surface area contributed by atoms with Gasteiger partial charge >= 0.3 is 6.03 Å². The van der Waals surface area contributed by atoms with E-state index in [0.717, 1.165) is 23.4 Å². The van der Waals surface area contributed by atoms with E-state index in [1.807, 2.05) is 38.1 Å². The predicted octanol–water partition coefficient (Wildman–Crippen LogP) is 5.42. The van der Waals surface area contributed by atoms with Crippen LogP contribution in [0.1, 0.15) is 52.9 Å². The topological polar surface area (TPSA) is 64.9 Å². The van der Waals surface area contributed by atoms with Gasteiger partial charge in [0, 0.05) is 16.7 Å². The van der Waals surface area contributed by atoms with Crippen LogP contribution in [0.15, 0.2) is 29.2 Å². The minimum absolute atomic E-state index is 0.0139. The second-order valence-electron chi connectivity index (χ2n) is 6.19. The molecular weight excluding hydrogens is 318 g/mol. The number of nitrogens with one attached hydrogen (secondary N) is 2. The normalized spacial score (nSPS) is 12.9. The number of nitrogens with zero attached hydrogens (tertiary/aromatic N) is 1. The molecule has 2 atom stereocenters. The number of amides is 2. The van der Waals surface area contributed by atoms with E-state index in [4.69, 9.17) is 5.26 Å². The number of hydrogen-bond donors (Lipinski definition) is 2. The van der Waals surface area contributed by atoms with E-state index in [1.165, 1.54) is 19.3 Å². The molecule has 5 heteroatoms. The number of thioether (sulfide) groups is 1. The molecule has 0 aliphatic rings. The highest BCUT2D eigenvalue weighted by molar-refractivity contribution is 7.99. The lowest BCUT2D eigenvalue weighted by Gasteiger charge is -2.16. The van der Waals surface area contributed by atoms with E-state index in [0.29, 0.717) is 5.75 Å². The number of urea groups is 1. The molecule has 1 aromatic carbocycles. The number of rotatable bonds is 10. The SMILES string of the molecule is CCCCCCC(C)NC(=O)Nc1ccccc1SCC(C)C#N. The van der Waals surface area contributed by atoms with E-state index >= 15 is 0 Å². The van der Waals surface area contributed by atoms with Gasteiger partial charge in [-0.3, -0.25) is 0 Å². The summed E-state index contributed by atoms with van der Waals surface area (Å²) in [6.45, 7) is 6.14. The van der Waals surface area contributed by atoms with E-state index in [9.17, 15) is 4.79 Å². The average Bonchev–Trinajstić information content (AvgIpc) is 2.57. The largest absolute Gasteiger partial charge is 0.335 e. The van der Waals surface area contributed by atoms with Crippen LogP contribution in [0.4, 0.5) is 10.5 Å². The summed E-state index contributed by atoms with van der Waals surface area (Å²) < 4.78 is 0. The van der Waals surface area contributed by atoms with Crippen molar-refractivity contribution in [2.45, 2.75) is 63.8 Å². The Morgan fingerprint density at radius 3 is 2.71 bits per heavy atom. The first-order valence-corrected chi connectivity index (χ1v) is 9.74. The Kier molecular flexibility index (Phi) is 10.0. The van der Waals surface area contributed by atoms with Gasteiger partial charge in [-0.15, -0.1) is 11.8 Å². The lowest BCUT2D eigenvalue weighted by molar-refractivity contribution is 0.248. The number of hydrogen-bond acceptors (Lipinski definition) is 3. The number of unbranched alkanes of at least 4 members (excludes halogenated alkanes) is 3. The maximum Gasteiger partial charge on any atom is 0.319 e. The van der Waals surface area contributed by atoms with Crippen LogP contribution in [0.25, 0.3) is 0 Å². The number of benzene rings is 1. The fraction of sp³-hybridized carbons (Fsp3) is 0.579. The quantitative estimate of drug-likeness (QED) is 0.439. The van der Waals surface area contributed by atoms with Crippen LogP contribution in [0.3, 0.4) is 0 Å². The fourth-order valence-electron chi connectivity index (χ4n) is 2.28. The van der Waals surface area contributed by atoms with Crippen molar-refractivity contribution in [3.63, 3.8) is 0 Å². The second-order valence-corrected chi connectivity index (χ2v) is 7.25. The van der Waals surface area contributed by atoms with Crippen LogP contribution in [-0.2, 0) is 0 Å². The van der Waals surface area contributed by atoms with Crippen LogP contribution in [0, 0.1) is 17.2 Å². The van der Waals surface area contributed by atoms with E-state index in [-0.39, 0.29) is 18.0 Å². The molecule has 1 aromatic rings. The maximum absolute atomic E-state index is 12.2. The number of para-hydroxylation sites is 1. The Balaban J connectivity index is 2.47. The van der Waals surface area contributed by atoms with Crippen LogP contribution in [0.5, 0.6) is 0 Å². The molecule has 0 aliphatic heterocycles. The Morgan fingerprint density at radius 2 is 2.00 bits per heavy atom. The molecule has 24 heavy (non-hydrogen) atoms. The molecule has 2 amide bonds. The van der Waals surface area contributed by atoms with Crippen molar-refractivity contribution in [2.24, 2.45) is 5.92 Å². The first kappa shape index (κ1) is 20.4. The molecular formula is C19H29N3OS. The van der Waals surface area contributed by atoms with E-state index in [1.54, 1.807) is 11.8 Å². The van der Waals surface area contributed by atoms with Crippen molar-refractivity contribution in [3.05, 3.63) is 24.3 Å². The number of carbonyl (C=O) groups is 1. The second kappa shape index (κ2) is 11.8. The van der Waals surface area contributed by atoms with Gasteiger partial charge in [-0.1, -0.05) is 44.7 Å². The first-order chi connectivity index (χ1) is 11.6. The third-order valence-corrected chi connectivity index (χ3v) is 5.05. The third-order valence-electron chi connectivity index (χ3n) is 3.71. The molecule has 0 bridgehead atoms. The Bertz CT molecular complexity index is 542. The number of carbonyl (C=O) groups excluding carboxylic acids is 1. The maximum atomic E-state index is 12.2. The zero-order valence-corrected chi connectivity index (χ0v) is 15.8. The highest BCUT2D eigenvalue weighted by Crippen LogP contribution is 2.28. The zero-order valence-electron chi connectivity index (χ0n) is 15.0. The van der Waals surface area contributed by atoms with Gasteiger partial charge in [0.1, 0.15) is 0 Å². The molecule has 0 fully saturated rings. The lowest BCUT2D eigenvalue weighted by atomic mass is 10.1. The van der Waals surface area contributed by atoms with Gasteiger partial charge < -0.3 is 10.6 Å². The third kappa shape index (κ3) is 8.26. The molecule has 132 valence electrons. The highest BCUT2D eigenvalue weighted by Gasteiger charge is 2.10. The molecule has 0 radical (unpaired) electrons. The molecule has 0 aromatic heterocycles. The van der Waals surface area contributed by atoms with Crippen molar-refractivity contribution in [2.75, 3.05) is 11.1 Å². The molecule has 0 saturated carbocycles. The summed E-state index contributed by atoms with van der Waals surface area (Å²) in [7, 11) is 0. The van der Waals surface area contributed by atoms with E-state index < -0.39 is 0 Å². The minimum Gasteiger partial charge on any atom is -0.335 e. The molecule has 0 aliphatic carbocycles. The summed E-state index contributed by atoms with van der Waals surface area (Å²) in [6, 6.07) is 9.94. The molecule has 4 nitrogen and oxygen atoms in total. The van der Waals surface area contributed by atoms with Crippen LogP contribution < -0.4 is 10.6 Å². The first-order valence-electron chi connectivity index (χ1n) is 8.75. The van der Waals surface area contributed by atoms with Crippen molar-refractivity contribution in [1.29, 1.82) is 5.26 Å². The standard InChI is InChI=1S/C19H29N3OS/c1-4-5-6-7-10-16(3)21-19(23)22-17-11-8-9-12-18(17)24-14-15(2)13-20/h8-9,11-12,15-16H,4-7,10,14H2,1-3H3,(H2,21,22,23). The minimum atomic E-state index is -0.167. The Labute approximate surface area is 150 Å². The van der Waals surface area contributed by atoms with Gasteiger partial charge in [0.2, 0.25) is 0 Å². The number of anilines is 1. The summed E-state index contributed by atoms with van der Waals surface area (Å²) in [6.07, 6.45) is 5.85. The molecule has 0 spiro atoms. The van der Waals surface area contributed by atoms with Crippen LogP contribution in [-0.4, -0.2) is 17.8 Å². The fourth-order valence-corrected chi connectivity index (χ4v) is 3.23. The van der Waals surface area contributed by atoms with Crippen LogP contribution >= 0.6 is 11.8 Å². The molecule has 2 unspecified atom stereocenters. The van der Waals surface area contributed by atoms with Gasteiger partial charge in [0.25, 0.3) is 0 Å². The molecule has 2 N–H and O–H groups in total. The van der Waals surface area contributed by atoms with Crippen molar-refractivity contribution >= 4 is 23.5 Å². The monoisotopic (exact) mass is 347 g/mol. The van der Waals surface area contributed by atoms with Gasteiger partial charge in [-0.25, -0.2) is 4.79 Å². The van der Waals surface area contributed by atoms with Gasteiger partial charge in [0.05, 0.1) is 17.7 Å². The highest BCUT2D eigenvalue weighted by atomic mass is 32.2. The zero-order chi connectivity index (χ0) is 17.8. The summed E-state index contributed by atoms with van der Waals surface area (Å²) >= 11 is 1.59. The van der Waals surface area contributed by atoms with Crippen molar-refractivity contribution < 1.29 is 4.79 Å².